The van der Waals surface area contributed by atoms with E-state index in [9.17, 15) is 13.2 Å². The lowest BCUT2D eigenvalue weighted by Gasteiger charge is -1.97. The van der Waals surface area contributed by atoms with Crippen molar-refractivity contribution in [2.24, 2.45) is 5.10 Å². The van der Waals surface area contributed by atoms with Crippen LogP contribution in [-0.4, -0.2) is 33.8 Å². The molecule has 0 radical (unpaired) electrons. The average Bonchev–Trinajstić information content (AvgIpc) is 3.19. The Morgan fingerprint density at radius 1 is 1.31 bits per heavy atom. The number of hydrogen-bond donors (Lipinski definition) is 2. The third-order valence-corrected chi connectivity index (χ3v) is 4.58. The predicted octanol–water partition coefficient (Wildman–Crippen LogP) is 2.25. The van der Waals surface area contributed by atoms with Crippen molar-refractivity contribution in [2.45, 2.75) is 5.09 Å². The lowest BCUT2D eigenvalue weighted by molar-refractivity contribution is 0.404. The number of aromatic nitrogens is 3. The first-order valence-electron chi connectivity index (χ1n) is 7.13. The molecule has 4 rings (SSSR count). The summed E-state index contributed by atoms with van der Waals surface area (Å²) in [6.45, 7) is 0. The quantitative estimate of drug-likeness (QED) is 0.406. The summed E-state index contributed by atoms with van der Waals surface area (Å²) in [5, 5.41) is 4.53. The van der Waals surface area contributed by atoms with Gasteiger partial charge in [-0.15, -0.1) is 0 Å². The molecule has 2 N–H and O–H groups in total. The number of benzene rings is 1. The highest BCUT2D eigenvalue weighted by molar-refractivity contribution is 7.85. The van der Waals surface area contributed by atoms with Crippen molar-refractivity contribution in [3.8, 4) is 0 Å². The van der Waals surface area contributed by atoms with Crippen molar-refractivity contribution < 1.29 is 17.4 Å². The van der Waals surface area contributed by atoms with Crippen LogP contribution in [0.15, 0.2) is 56.1 Å². The van der Waals surface area contributed by atoms with Crippen molar-refractivity contribution in [1.82, 2.24) is 14.6 Å². The van der Waals surface area contributed by atoms with Crippen LogP contribution in [0.3, 0.4) is 0 Å². The molecule has 11 heteroatoms. The largest absolute Gasteiger partial charge is 0.441 e. The number of nitrogens with zero attached hydrogens (tertiary/aromatic N) is 3. The zero-order chi connectivity index (χ0) is 18.5. The average molecular weight is 393 g/mol. The first kappa shape index (κ1) is 16.5. The van der Waals surface area contributed by atoms with E-state index >= 15 is 0 Å². The number of H-pyrrole nitrogens is 1. The number of halogens is 1. The summed E-state index contributed by atoms with van der Waals surface area (Å²) in [7, 11) is -4.45. The number of hydrogen-bond acceptors (Lipinski definition) is 6. The predicted molar refractivity (Wildman–Crippen MR) is 94.4 cm³/mol. The minimum atomic E-state index is -4.45. The molecule has 9 nitrogen and oxygen atoms in total. The molecule has 0 fully saturated rings. The standard InChI is InChI=1S/C15H9ClN4O5S/c16-8-1-3-11-10(5-8)13-14(19-11)15(21)20(7-17-13)18-6-9-2-4-12(25-9)26(22,23)24/h1-7,19H,(H,22,23,24)/b18-6-. The molecule has 3 heterocycles. The minimum absolute atomic E-state index is 0.0352. The van der Waals surface area contributed by atoms with E-state index in [1.807, 2.05) is 0 Å². The second-order valence-corrected chi connectivity index (χ2v) is 7.10. The van der Waals surface area contributed by atoms with Crippen LogP contribution in [0.5, 0.6) is 0 Å². The smallest absolute Gasteiger partial charge is 0.328 e. The van der Waals surface area contributed by atoms with E-state index in [2.05, 4.69) is 15.1 Å². The molecule has 3 aromatic heterocycles. The Morgan fingerprint density at radius 2 is 2.12 bits per heavy atom. The van der Waals surface area contributed by atoms with Gasteiger partial charge in [-0.2, -0.15) is 18.2 Å². The highest BCUT2D eigenvalue weighted by Crippen LogP contribution is 2.24. The van der Waals surface area contributed by atoms with E-state index in [1.54, 1.807) is 18.2 Å². The van der Waals surface area contributed by atoms with Crippen LogP contribution in [0, 0.1) is 0 Å². The number of nitrogens with one attached hydrogen (secondary N) is 1. The van der Waals surface area contributed by atoms with Gasteiger partial charge >= 0.3 is 10.1 Å². The van der Waals surface area contributed by atoms with E-state index in [-0.39, 0.29) is 11.3 Å². The molecule has 4 aromatic rings. The summed E-state index contributed by atoms with van der Waals surface area (Å²) < 4.78 is 36.7. The van der Waals surface area contributed by atoms with Crippen LogP contribution in [0.25, 0.3) is 21.9 Å². The monoisotopic (exact) mass is 392 g/mol. The van der Waals surface area contributed by atoms with E-state index < -0.39 is 20.8 Å². The number of rotatable bonds is 3. The van der Waals surface area contributed by atoms with Crippen LogP contribution >= 0.6 is 11.6 Å². The molecule has 0 saturated carbocycles. The Balaban J connectivity index is 1.78. The fourth-order valence-electron chi connectivity index (χ4n) is 2.46. The molecule has 0 unspecified atom stereocenters. The van der Waals surface area contributed by atoms with Crippen molar-refractivity contribution in [2.75, 3.05) is 0 Å². The van der Waals surface area contributed by atoms with Crippen LogP contribution in [0.1, 0.15) is 5.76 Å². The van der Waals surface area contributed by atoms with Gasteiger partial charge in [0.1, 0.15) is 23.1 Å². The molecule has 0 saturated heterocycles. The van der Waals surface area contributed by atoms with Crippen molar-refractivity contribution in [3.63, 3.8) is 0 Å². The lowest BCUT2D eigenvalue weighted by atomic mass is 10.2. The molecule has 0 aliphatic rings. The molecule has 0 amide bonds. The summed E-state index contributed by atoms with van der Waals surface area (Å²) in [4.78, 5) is 19.7. The first-order valence-corrected chi connectivity index (χ1v) is 8.95. The Hall–Kier alpha value is -2.95. The van der Waals surface area contributed by atoms with Crippen LogP contribution in [-0.2, 0) is 10.1 Å². The van der Waals surface area contributed by atoms with Crippen molar-refractivity contribution in [1.29, 1.82) is 0 Å². The SMILES string of the molecule is O=c1c2[nH]c3ccc(Cl)cc3c2ncn1/N=C\c1ccc(S(=O)(=O)O)o1. The summed E-state index contributed by atoms with van der Waals surface area (Å²) in [5.41, 5.74) is 0.963. The van der Waals surface area contributed by atoms with Crippen molar-refractivity contribution in [3.05, 3.63) is 57.8 Å². The van der Waals surface area contributed by atoms with Gasteiger partial charge in [0.05, 0.1) is 6.21 Å². The Bertz CT molecular complexity index is 1350. The Kier molecular flexibility index (Phi) is 3.68. The fourth-order valence-corrected chi connectivity index (χ4v) is 3.08. The number of furan rings is 1. The molecule has 132 valence electrons. The van der Waals surface area contributed by atoms with Gasteiger partial charge in [0.15, 0.2) is 0 Å². The van der Waals surface area contributed by atoms with Crippen LogP contribution in [0.4, 0.5) is 0 Å². The normalized spacial score (nSPS) is 12.5. The number of aromatic amines is 1. The molecule has 0 atom stereocenters. The highest BCUT2D eigenvalue weighted by Gasteiger charge is 2.14. The van der Waals surface area contributed by atoms with E-state index in [0.717, 1.165) is 17.0 Å². The van der Waals surface area contributed by atoms with Gasteiger partial charge in [0, 0.05) is 15.9 Å². The molecule has 0 aliphatic heterocycles. The second-order valence-electron chi connectivity index (χ2n) is 5.31. The maximum atomic E-state index is 12.5. The van der Waals surface area contributed by atoms with Gasteiger partial charge in [-0.05, 0) is 30.3 Å². The van der Waals surface area contributed by atoms with Crippen LogP contribution in [0.2, 0.25) is 5.02 Å². The lowest BCUT2D eigenvalue weighted by Crippen LogP contribution is -2.17. The zero-order valence-electron chi connectivity index (χ0n) is 12.7. The van der Waals surface area contributed by atoms with Gasteiger partial charge in [0.25, 0.3) is 5.56 Å². The first-order chi connectivity index (χ1) is 12.3. The zero-order valence-corrected chi connectivity index (χ0v) is 14.3. The highest BCUT2D eigenvalue weighted by atomic mass is 35.5. The van der Waals surface area contributed by atoms with E-state index in [0.29, 0.717) is 21.4 Å². The van der Waals surface area contributed by atoms with E-state index in [4.69, 9.17) is 20.6 Å². The molecule has 1 aromatic carbocycles. The third kappa shape index (κ3) is 2.79. The molecule has 26 heavy (non-hydrogen) atoms. The maximum absolute atomic E-state index is 12.5. The van der Waals surface area contributed by atoms with Gasteiger partial charge < -0.3 is 9.40 Å². The van der Waals surface area contributed by atoms with Gasteiger partial charge in [-0.25, -0.2) is 4.98 Å². The third-order valence-electron chi connectivity index (χ3n) is 3.62. The summed E-state index contributed by atoms with van der Waals surface area (Å²) in [6, 6.07) is 7.50. The maximum Gasteiger partial charge on any atom is 0.328 e. The fraction of sp³-hybridized carbons (Fsp3) is 0. The Morgan fingerprint density at radius 3 is 2.85 bits per heavy atom. The number of fused-ring (bicyclic) bond motifs is 3. The summed E-state index contributed by atoms with van der Waals surface area (Å²) >= 11 is 5.98. The minimum Gasteiger partial charge on any atom is -0.441 e. The topological polar surface area (TPSA) is 131 Å². The van der Waals surface area contributed by atoms with Gasteiger partial charge in [0.2, 0.25) is 5.09 Å². The van der Waals surface area contributed by atoms with Crippen LogP contribution < -0.4 is 5.56 Å². The van der Waals surface area contributed by atoms with Gasteiger partial charge in [-0.3, -0.25) is 9.35 Å². The van der Waals surface area contributed by atoms with Gasteiger partial charge in [-0.1, -0.05) is 11.6 Å². The van der Waals surface area contributed by atoms with E-state index in [1.165, 1.54) is 12.4 Å². The molecular formula is C15H9ClN4O5S. The van der Waals surface area contributed by atoms with Crippen molar-refractivity contribution >= 4 is 49.9 Å². The molecule has 0 aliphatic carbocycles. The summed E-state index contributed by atoms with van der Waals surface area (Å²) in [6.07, 6.45) is 2.35. The molecule has 0 bridgehead atoms. The molecular weight excluding hydrogens is 384 g/mol. The Labute approximate surface area is 150 Å². The second kappa shape index (κ2) is 5.80. The summed E-state index contributed by atoms with van der Waals surface area (Å²) in [5.74, 6) is 0.0352. The molecule has 0 spiro atoms.